The molecule has 0 spiro atoms. The molecule has 2 rings (SSSR count). The minimum Gasteiger partial charge on any atom is -0.464 e. The van der Waals surface area contributed by atoms with Crippen molar-refractivity contribution >= 4 is 16.0 Å². The lowest BCUT2D eigenvalue weighted by Crippen LogP contribution is -2.41. The summed E-state index contributed by atoms with van der Waals surface area (Å²) in [6.45, 7) is 5.60. The molecule has 0 saturated carbocycles. The molecule has 0 bridgehead atoms. The second-order valence-corrected chi connectivity index (χ2v) is 6.16. The van der Waals surface area contributed by atoms with Crippen LogP contribution < -0.4 is 4.72 Å². The lowest BCUT2D eigenvalue weighted by molar-refractivity contribution is -0.139. The van der Waals surface area contributed by atoms with Crippen LogP contribution >= 0.6 is 0 Å². The number of esters is 1. The minimum absolute atomic E-state index is 0.126. The van der Waals surface area contributed by atoms with E-state index in [9.17, 15) is 13.2 Å². The molecule has 2 atom stereocenters. The molecule has 19 heavy (non-hydrogen) atoms. The third-order valence-electron chi connectivity index (χ3n) is 3.02. The van der Waals surface area contributed by atoms with Crippen molar-refractivity contribution in [2.24, 2.45) is 5.92 Å². The summed E-state index contributed by atoms with van der Waals surface area (Å²) in [6, 6.07) is 5.50. The van der Waals surface area contributed by atoms with Gasteiger partial charge < -0.3 is 4.74 Å². The Kier molecular flexibility index (Phi) is 3.73. The Labute approximate surface area is 112 Å². The predicted molar refractivity (Wildman–Crippen MR) is 69.9 cm³/mol. The van der Waals surface area contributed by atoms with E-state index in [4.69, 9.17) is 4.74 Å². The van der Waals surface area contributed by atoms with Crippen molar-refractivity contribution in [2.75, 3.05) is 6.61 Å². The van der Waals surface area contributed by atoms with E-state index in [0.29, 0.717) is 0 Å². The second-order valence-electron chi connectivity index (χ2n) is 4.44. The molecule has 0 aliphatic carbocycles. The van der Waals surface area contributed by atoms with E-state index >= 15 is 0 Å². The van der Waals surface area contributed by atoms with Crippen molar-refractivity contribution in [3.63, 3.8) is 0 Å². The van der Waals surface area contributed by atoms with Crippen LogP contribution in [0.25, 0.3) is 0 Å². The largest absolute Gasteiger partial charge is 0.464 e. The molecular weight excluding hydrogens is 266 g/mol. The number of hydrogen-bond donors (Lipinski definition) is 1. The van der Waals surface area contributed by atoms with Gasteiger partial charge in [0.15, 0.2) is 0 Å². The number of aryl methyl sites for hydroxylation is 1. The highest BCUT2D eigenvalue weighted by atomic mass is 32.2. The molecule has 1 aliphatic rings. The normalized spacial score (nSPS) is 23.1. The van der Waals surface area contributed by atoms with Gasteiger partial charge in [0.05, 0.1) is 11.5 Å². The molecular formula is C13H15NO4S. The SMILES string of the molecule is C=C[C@@H]1COC(=O)[C@H]1NS(=O)(=O)c1ccc(C)cc1. The van der Waals surface area contributed by atoms with Gasteiger partial charge in [0.25, 0.3) is 0 Å². The van der Waals surface area contributed by atoms with Crippen LogP contribution in [-0.4, -0.2) is 27.0 Å². The molecule has 0 unspecified atom stereocenters. The molecule has 1 fully saturated rings. The fourth-order valence-corrected chi connectivity index (χ4v) is 3.07. The molecule has 1 N–H and O–H groups in total. The summed E-state index contributed by atoms with van der Waals surface area (Å²) in [6.07, 6.45) is 1.52. The number of nitrogens with one attached hydrogen (secondary N) is 1. The first-order chi connectivity index (χ1) is 8.94. The fourth-order valence-electron chi connectivity index (χ4n) is 1.83. The third kappa shape index (κ3) is 2.85. The number of ether oxygens (including phenoxy) is 1. The van der Waals surface area contributed by atoms with Gasteiger partial charge in [-0.3, -0.25) is 4.79 Å². The molecule has 0 aromatic heterocycles. The average Bonchev–Trinajstić information content (AvgIpc) is 2.70. The number of benzene rings is 1. The van der Waals surface area contributed by atoms with E-state index in [1.54, 1.807) is 12.1 Å². The van der Waals surface area contributed by atoms with Gasteiger partial charge in [0, 0.05) is 5.92 Å². The molecule has 5 nitrogen and oxygen atoms in total. The zero-order chi connectivity index (χ0) is 14.0. The van der Waals surface area contributed by atoms with Crippen LogP contribution in [0.5, 0.6) is 0 Å². The lowest BCUT2D eigenvalue weighted by Gasteiger charge is -2.14. The molecule has 1 saturated heterocycles. The zero-order valence-electron chi connectivity index (χ0n) is 10.5. The van der Waals surface area contributed by atoms with Gasteiger partial charge in [0.1, 0.15) is 6.04 Å². The van der Waals surface area contributed by atoms with Crippen LogP contribution in [0, 0.1) is 12.8 Å². The van der Waals surface area contributed by atoms with Crippen molar-refractivity contribution in [2.45, 2.75) is 17.9 Å². The number of carbonyl (C=O) groups excluding carboxylic acids is 1. The highest BCUT2D eigenvalue weighted by Crippen LogP contribution is 2.19. The Bertz CT molecular complexity index is 592. The number of carbonyl (C=O) groups is 1. The van der Waals surface area contributed by atoms with Gasteiger partial charge in [-0.15, -0.1) is 6.58 Å². The highest BCUT2D eigenvalue weighted by Gasteiger charge is 2.38. The summed E-state index contributed by atoms with van der Waals surface area (Å²) >= 11 is 0. The maximum Gasteiger partial charge on any atom is 0.324 e. The van der Waals surface area contributed by atoms with Crippen LogP contribution in [0.1, 0.15) is 5.56 Å². The maximum absolute atomic E-state index is 12.2. The summed E-state index contributed by atoms with van der Waals surface area (Å²) < 4.78 is 31.5. The second kappa shape index (κ2) is 5.14. The third-order valence-corrected chi connectivity index (χ3v) is 4.47. The van der Waals surface area contributed by atoms with Crippen molar-refractivity contribution in [1.29, 1.82) is 0 Å². The standard InChI is InChI=1S/C13H15NO4S/c1-3-10-8-18-13(15)12(10)14-19(16,17)11-6-4-9(2)5-7-11/h3-7,10,12,14H,1,8H2,2H3/t10-,12+/m1/s1. The van der Waals surface area contributed by atoms with E-state index in [2.05, 4.69) is 11.3 Å². The molecule has 6 heteroatoms. The molecule has 1 aliphatic heterocycles. The molecule has 1 heterocycles. The molecule has 0 radical (unpaired) electrons. The first-order valence-corrected chi connectivity index (χ1v) is 7.30. The monoisotopic (exact) mass is 281 g/mol. The Hall–Kier alpha value is -1.66. The number of cyclic esters (lactones) is 1. The van der Waals surface area contributed by atoms with Crippen LogP contribution in [0.3, 0.4) is 0 Å². The van der Waals surface area contributed by atoms with Gasteiger partial charge in [0.2, 0.25) is 10.0 Å². The van der Waals surface area contributed by atoms with Crippen molar-refractivity contribution < 1.29 is 17.9 Å². The average molecular weight is 281 g/mol. The first kappa shape index (κ1) is 13.8. The highest BCUT2D eigenvalue weighted by molar-refractivity contribution is 7.89. The Morgan fingerprint density at radius 1 is 1.37 bits per heavy atom. The van der Waals surface area contributed by atoms with E-state index in [1.807, 2.05) is 6.92 Å². The van der Waals surface area contributed by atoms with Crippen LogP contribution in [0.15, 0.2) is 41.8 Å². The van der Waals surface area contributed by atoms with Crippen molar-refractivity contribution in [3.05, 3.63) is 42.5 Å². The maximum atomic E-state index is 12.2. The number of hydrogen-bond acceptors (Lipinski definition) is 4. The van der Waals surface area contributed by atoms with E-state index < -0.39 is 22.0 Å². The van der Waals surface area contributed by atoms with Gasteiger partial charge in [-0.1, -0.05) is 23.8 Å². The van der Waals surface area contributed by atoms with Crippen molar-refractivity contribution in [3.8, 4) is 0 Å². The number of rotatable bonds is 4. The van der Waals surface area contributed by atoms with Gasteiger partial charge >= 0.3 is 5.97 Å². The fraction of sp³-hybridized carbons (Fsp3) is 0.308. The van der Waals surface area contributed by atoms with E-state index in [0.717, 1.165) is 5.56 Å². The Morgan fingerprint density at radius 2 is 2.00 bits per heavy atom. The summed E-state index contributed by atoms with van der Waals surface area (Å²) in [5, 5.41) is 0. The van der Waals surface area contributed by atoms with E-state index in [-0.39, 0.29) is 17.4 Å². The quantitative estimate of drug-likeness (QED) is 0.660. The molecule has 1 aromatic carbocycles. The molecule has 102 valence electrons. The van der Waals surface area contributed by atoms with E-state index in [1.165, 1.54) is 18.2 Å². The van der Waals surface area contributed by atoms with Crippen LogP contribution in [0.2, 0.25) is 0 Å². The molecule has 0 amide bonds. The summed E-state index contributed by atoms with van der Waals surface area (Å²) in [5.41, 5.74) is 0.961. The van der Waals surface area contributed by atoms with Crippen LogP contribution in [0.4, 0.5) is 0 Å². The zero-order valence-corrected chi connectivity index (χ0v) is 11.3. The van der Waals surface area contributed by atoms with Crippen LogP contribution in [-0.2, 0) is 19.6 Å². The Balaban J connectivity index is 2.24. The van der Waals surface area contributed by atoms with Crippen molar-refractivity contribution in [1.82, 2.24) is 4.72 Å². The first-order valence-electron chi connectivity index (χ1n) is 5.82. The summed E-state index contributed by atoms with van der Waals surface area (Å²) in [4.78, 5) is 11.6. The predicted octanol–water partition coefficient (Wildman–Crippen LogP) is 1.00. The lowest BCUT2D eigenvalue weighted by atomic mass is 10.1. The molecule has 1 aromatic rings. The van der Waals surface area contributed by atoms with Gasteiger partial charge in [-0.05, 0) is 19.1 Å². The van der Waals surface area contributed by atoms with Gasteiger partial charge in [-0.25, -0.2) is 8.42 Å². The Morgan fingerprint density at radius 3 is 2.58 bits per heavy atom. The van der Waals surface area contributed by atoms with Gasteiger partial charge in [-0.2, -0.15) is 4.72 Å². The smallest absolute Gasteiger partial charge is 0.324 e. The minimum atomic E-state index is -3.73. The summed E-state index contributed by atoms with van der Waals surface area (Å²) in [5.74, 6) is -0.909. The summed E-state index contributed by atoms with van der Waals surface area (Å²) in [7, 11) is -3.73. The number of sulfonamides is 1. The topological polar surface area (TPSA) is 72.5 Å².